The number of pyridine rings is 1. The molecule has 27 heavy (non-hydrogen) atoms. The van der Waals surface area contributed by atoms with E-state index in [1.165, 1.54) is 16.7 Å². The van der Waals surface area contributed by atoms with Gasteiger partial charge in [0.25, 0.3) is 5.91 Å². The van der Waals surface area contributed by atoms with Gasteiger partial charge < -0.3 is 10.6 Å². The van der Waals surface area contributed by atoms with Crippen molar-refractivity contribution in [3.63, 3.8) is 0 Å². The smallest absolute Gasteiger partial charge is 0.252 e. The van der Waals surface area contributed by atoms with Crippen molar-refractivity contribution in [2.45, 2.75) is 26.7 Å². The highest BCUT2D eigenvalue weighted by Gasteiger charge is 2.08. The lowest BCUT2D eigenvalue weighted by molar-refractivity contribution is 0.0953. The predicted molar refractivity (Wildman–Crippen MR) is 111 cm³/mol. The van der Waals surface area contributed by atoms with Gasteiger partial charge in [-0.3, -0.25) is 9.78 Å². The average Bonchev–Trinajstić information content (AvgIpc) is 2.70. The maximum absolute atomic E-state index is 12.4. The molecule has 3 aromatic rings. The first-order valence-electron chi connectivity index (χ1n) is 9.24. The Morgan fingerprint density at radius 3 is 2.63 bits per heavy atom. The molecule has 0 radical (unpaired) electrons. The number of hydrogen-bond acceptors (Lipinski definition) is 3. The average molecular weight is 359 g/mol. The number of rotatable bonds is 7. The number of amides is 1. The van der Waals surface area contributed by atoms with E-state index in [-0.39, 0.29) is 5.91 Å². The number of carbonyl (C=O) groups is 1. The molecule has 3 rings (SSSR count). The Morgan fingerprint density at radius 2 is 1.81 bits per heavy atom. The van der Waals surface area contributed by atoms with Gasteiger partial charge in [-0.2, -0.15) is 0 Å². The van der Waals surface area contributed by atoms with Crippen LogP contribution < -0.4 is 10.6 Å². The van der Waals surface area contributed by atoms with Crippen molar-refractivity contribution < 1.29 is 4.79 Å². The number of nitrogens with zero attached hydrogens (tertiary/aromatic N) is 1. The molecule has 138 valence electrons. The highest BCUT2D eigenvalue weighted by Crippen LogP contribution is 2.22. The van der Waals surface area contributed by atoms with Gasteiger partial charge in [0.05, 0.1) is 17.4 Å². The van der Waals surface area contributed by atoms with Crippen LogP contribution in [0.3, 0.4) is 0 Å². The van der Waals surface area contributed by atoms with Crippen LogP contribution in [0.2, 0.25) is 0 Å². The zero-order chi connectivity index (χ0) is 19.1. The third-order valence-corrected chi connectivity index (χ3v) is 4.65. The third kappa shape index (κ3) is 5.17. The maximum atomic E-state index is 12.4. The molecule has 0 saturated carbocycles. The lowest BCUT2D eigenvalue weighted by Gasteiger charge is -2.12. The molecule has 0 aliphatic rings. The molecule has 1 aromatic heterocycles. The van der Waals surface area contributed by atoms with E-state index < -0.39 is 0 Å². The second kappa shape index (κ2) is 8.99. The van der Waals surface area contributed by atoms with Crippen LogP contribution in [0.25, 0.3) is 0 Å². The summed E-state index contributed by atoms with van der Waals surface area (Å²) in [5.74, 6) is -0.0971. The van der Waals surface area contributed by atoms with Crippen LogP contribution in [0.1, 0.15) is 33.5 Å². The zero-order valence-electron chi connectivity index (χ0n) is 15.8. The van der Waals surface area contributed by atoms with Crippen molar-refractivity contribution >= 4 is 17.3 Å². The summed E-state index contributed by atoms with van der Waals surface area (Å²) in [7, 11) is 0. The summed E-state index contributed by atoms with van der Waals surface area (Å²) < 4.78 is 0. The summed E-state index contributed by atoms with van der Waals surface area (Å²) in [5.41, 5.74) is 6.09. The molecule has 2 N–H and O–H groups in total. The van der Waals surface area contributed by atoms with Crippen molar-refractivity contribution in [2.24, 2.45) is 0 Å². The minimum Gasteiger partial charge on any atom is -0.354 e. The van der Waals surface area contributed by atoms with Crippen LogP contribution in [0.5, 0.6) is 0 Å². The van der Waals surface area contributed by atoms with Crippen molar-refractivity contribution in [3.05, 3.63) is 89.2 Å². The number of benzene rings is 2. The largest absolute Gasteiger partial charge is 0.354 e. The molecule has 0 fully saturated rings. The standard InChI is InChI=1S/C23H25N3O/c1-17-8-6-12-22(18(17)2)26-21-14-20(15-24-16-21)23(27)25-13-7-11-19-9-4-3-5-10-19/h3-6,8-10,12,14-16,26H,7,11,13H2,1-2H3,(H,25,27). The first kappa shape index (κ1) is 18.6. The van der Waals surface area contributed by atoms with E-state index in [2.05, 4.69) is 47.7 Å². The Balaban J connectivity index is 1.56. The molecule has 1 amide bonds. The topological polar surface area (TPSA) is 54.0 Å². The Hall–Kier alpha value is -3.14. The summed E-state index contributed by atoms with van der Waals surface area (Å²) in [6, 6.07) is 18.3. The number of nitrogens with one attached hydrogen (secondary N) is 2. The fourth-order valence-electron chi connectivity index (χ4n) is 2.92. The van der Waals surface area contributed by atoms with Gasteiger partial charge in [-0.25, -0.2) is 0 Å². The van der Waals surface area contributed by atoms with Gasteiger partial charge in [-0.15, -0.1) is 0 Å². The Labute approximate surface area is 160 Å². The van der Waals surface area contributed by atoms with Crippen LogP contribution in [0.15, 0.2) is 67.0 Å². The number of aromatic nitrogens is 1. The Morgan fingerprint density at radius 1 is 1.00 bits per heavy atom. The summed E-state index contributed by atoms with van der Waals surface area (Å²) in [6.07, 6.45) is 5.19. The van der Waals surface area contributed by atoms with Gasteiger partial charge >= 0.3 is 0 Å². The molecular weight excluding hydrogens is 334 g/mol. The van der Waals surface area contributed by atoms with E-state index in [1.807, 2.05) is 36.4 Å². The molecule has 0 aliphatic heterocycles. The molecule has 4 heteroatoms. The molecule has 0 aliphatic carbocycles. The van der Waals surface area contributed by atoms with Crippen molar-refractivity contribution in [3.8, 4) is 0 Å². The third-order valence-electron chi connectivity index (χ3n) is 4.65. The lowest BCUT2D eigenvalue weighted by Crippen LogP contribution is -2.25. The zero-order valence-corrected chi connectivity index (χ0v) is 15.8. The Bertz CT molecular complexity index is 907. The molecule has 0 atom stereocenters. The van der Waals surface area contributed by atoms with Gasteiger partial charge in [-0.05, 0) is 55.5 Å². The van der Waals surface area contributed by atoms with Crippen molar-refractivity contribution in [2.75, 3.05) is 11.9 Å². The normalized spacial score (nSPS) is 10.4. The van der Waals surface area contributed by atoms with E-state index in [0.717, 1.165) is 24.2 Å². The lowest BCUT2D eigenvalue weighted by atomic mass is 10.1. The molecule has 0 unspecified atom stereocenters. The summed E-state index contributed by atoms with van der Waals surface area (Å²) in [5, 5.41) is 6.33. The van der Waals surface area contributed by atoms with Gasteiger partial charge in [0, 0.05) is 18.4 Å². The van der Waals surface area contributed by atoms with Crippen LogP contribution in [-0.4, -0.2) is 17.4 Å². The van der Waals surface area contributed by atoms with Crippen molar-refractivity contribution in [1.82, 2.24) is 10.3 Å². The first-order chi connectivity index (χ1) is 13.1. The Kier molecular flexibility index (Phi) is 6.21. The van der Waals surface area contributed by atoms with Gasteiger partial charge in [-0.1, -0.05) is 42.5 Å². The van der Waals surface area contributed by atoms with Crippen LogP contribution >= 0.6 is 0 Å². The highest BCUT2D eigenvalue weighted by atomic mass is 16.1. The molecular formula is C23H25N3O. The number of anilines is 2. The van der Waals surface area contributed by atoms with Gasteiger partial charge in [0.15, 0.2) is 0 Å². The summed E-state index contributed by atoms with van der Waals surface area (Å²) in [6.45, 7) is 4.80. The van der Waals surface area contributed by atoms with Gasteiger partial charge in [0.2, 0.25) is 0 Å². The van der Waals surface area contributed by atoms with E-state index >= 15 is 0 Å². The van der Waals surface area contributed by atoms with E-state index in [9.17, 15) is 4.79 Å². The monoisotopic (exact) mass is 359 g/mol. The number of hydrogen-bond donors (Lipinski definition) is 2. The fourth-order valence-corrected chi connectivity index (χ4v) is 2.92. The minimum atomic E-state index is -0.0971. The van der Waals surface area contributed by atoms with Crippen molar-refractivity contribution in [1.29, 1.82) is 0 Å². The summed E-state index contributed by atoms with van der Waals surface area (Å²) >= 11 is 0. The minimum absolute atomic E-state index is 0.0971. The van der Waals surface area contributed by atoms with E-state index in [1.54, 1.807) is 12.4 Å². The molecule has 2 aromatic carbocycles. The van der Waals surface area contributed by atoms with Crippen LogP contribution in [0, 0.1) is 13.8 Å². The second-order valence-corrected chi connectivity index (χ2v) is 6.68. The molecule has 0 spiro atoms. The number of carbonyl (C=O) groups excluding carboxylic acids is 1. The van der Waals surface area contributed by atoms with E-state index in [0.29, 0.717) is 12.1 Å². The maximum Gasteiger partial charge on any atom is 0.252 e. The van der Waals surface area contributed by atoms with Crippen LogP contribution in [-0.2, 0) is 6.42 Å². The van der Waals surface area contributed by atoms with Crippen LogP contribution in [0.4, 0.5) is 11.4 Å². The molecule has 0 saturated heterocycles. The highest BCUT2D eigenvalue weighted by molar-refractivity contribution is 5.94. The number of aryl methyl sites for hydroxylation is 2. The van der Waals surface area contributed by atoms with Gasteiger partial charge in [0.1, 0.15) is 0 Å². The second-order valence-electron chi connectivity index (χ2n) is 6.68. The quantitative estimate of drug-likeness (QED) is 0.596. The SMILES string of the molecule is Cc1cccc(Nc2cncc(C(=O)NCCCc3ccccc3)c2)c1C. The molecule has 1 heterocycles. The molecule has 4 nitrogen and oxygen atoms in total. The summed E-state index contributed by atoms with van der Waals surface area (Å²) in [4.78, 5) is 16.6. The fraction of sp³-hybridized carbons (Fsp3) is 0.217. The predicted octanol–water partition coefficient (Wildman–Crippen LogP) is 4.80. The first-order valence-corrected chi connectivity index (χ1v) is 9.24. The molecule has 0 bridgehead atoms. The van der Waals surface area contributed by atoms with E-state index in [4.69, 9.17) is 0 Å².